The fourth-order valence-corrected chi connectivity index (χ4v) is 4.50. The van der Waals surface area contributed by atoms with E-state index >= 15 is 0 Å². The van der Waals surface area contributed by atoms with E-state index in [1.807, 2.05) is 7.05 Å². The van der Waals surface area contributed by atoms with Gasteiger partial charge in [-0.2, -0.15) is 0 Å². The normalized spacial score (nSPS) is 34.9. The Kier molecular flexibility index (Phi) is 5.61. The Bertz CT molecular complexity index is 478. The molecule has 0 saturated carbocycles. The molecule has 6 heteroatoms. The Hall–Kier alpha value is -0.850. The molecule has 1 N–H and O–H groups in total. The number of aliphatic imine (C=N–C) groups is 1. The lowest BCUT2D eigenvalue weighted by Crippen LogP contribution is -2.59. The SMILES string of the molecule is CN=C(NCC(C)(C)N1CC(C)OC(C)C1)N1CCC2(CCOC2)C1. The molecule has 3 rings (SSSR count). The number of ether oxygens (including phenoxy) is 2. The molecule has 6 nitrogen and oxygen atoms in total. The second-order valence-electron chi connectivity index (χ2n) is 8.85. The minimum atomic E-state index is 0.0656. The Labute approximate surface area is 152 Å². The number of hydrogen-bond donors (Lipinski definition) is 1. The van der Waals surface area contributed by atoms with Crippen LogP contribution in [0.4, 0.5) is 0 Å². The minimum Gasteiger partial charge on any atom is -0.381 e. The van der Waals surface area contributed by atoms with Crippen molar-refractivity contribution in [2.45, 2.75) is 58.3 Å². The molecule has 0 aromatic rings. The van der Waals surface area contributed by atoms with Crippen molar-refractivity contribution in [3.63, 3.8) is 0 Å². The lowest BCUT2D eigenvalue weighted by atomic mass is 9.87. The molecule has 3 unspecified atom stereocenters. The topological polar surface area (TPSA) is 49.3 Å². The van der Waals surface area contributed by atoms with Crippen LogP contribution in [-0.4, -0.2) is 86.5 Å². The zero-order valence-corrected chi connectivity index (χ0v) is 16.7. The maximum Gasteiger partial charge on any atom is 0.193 e. The van der Waals surface area contributed by atoms with Crippen molar-refractivity contribution >= 4 is 5.96 Å². The smallest absolute Gasteiger partial charge is 0.193 e. The average Bonchev–Trinajstić information content (AvgIpc) is 3.18. The van der Waals surface area contributed by atoms with Crippen molar-refractivity contribution in [2.75, 3.05) is 53.0 Å². The highest BCUT2D eigenvalue weighted by Gasteiger charge is 2.42. The fraction of sp³-hybridized carbons (Fsp3) is 0.947. The van der Waals surface area contributed by atoms with Crippen LogP contribution in [0.2, 0.25) is 0 Å². The predicted octanol–water partition coefficient (Wildman–Crippen LogP) is 1.56. The van der Waals surface area contributed by atoms with Gasteiger partial charge >= 0.3 is 0 Å². The second kappa shape index (κ2) is 7.41. The number of morpholine rings is 1. The Morgan fingerprint density at radius 1 is 1.24 bits per heavy atom. The molecule has 0 bridgehead atoms. The summed E-state index contributed by atoms with van der Waals surface area (Å²) in [5, 5.41) is 3.64. The first-order valence-corrected chi connectivity index (χ1v) is 9.77. The summed E-state index contributed by atoms with van der Waals surface area (Å²) in [7, 11) is 1.89. The van der Waals surface area contributed by atoms with Crippen LogP contribution in [0.25, 0.3) is 0 Å². The Morgan fingerprint density at radius 2 is 1.96 bits per heavy atom. The highest BCUT2D eigenvalue weighted by Crippen LogP contribution is 2.38. The standard InChI is InChI=1S/C19H36N4O2/c1-15-10-23(11-16(2)25-15)18(3,4)12-21-17(20-5)22-8-6-19(13-22)7-9-24-14-19/h15-16H,6-14H2,1-5H3,(H,20,21). The largest absolute Gasteiger partial charge is 0.381 e. The van der Waals surface area contributed by atoms with Crippen LogP contribution in [0.5, 0.6) is 0 Å². The van der Waals surface area contributed by atoms with Crippen LogP contribution in [0.3, 0.4) is 0 Å². The lowest BCUT2D eigenvalue weighted by Gasteiger charge is -2.45. The quantitative estimate of drug-likeness (QED) is 0.617. The van der Waals surface area contributed by atoms with Gasteiger partial charge in [0, 0.05) is 57.3 Å². The van der Waals surface area contributed by atoms with Crippen LogP contribution in [0.1, 0.15) is 40.5 Å². The van der Waals surface area contributed by atoms with Gasteiger partial charge < -0.3 is 19.7 Å². The molecule has 3 fully saturated rings. The first-order valence-electron chi connectivity index (χ1n) is 9.77. The molecular formula is C19H36N4O2. The number of nitrogens with one attached hydrogen (secondary N) is 1. The zero-order valence-electron chi connectivity index (χ0n) is 16.7. The molecule has 3 atom stereocenters. The van der Waals surface area contributed by atoms with Crippen LogP contribution < -0.4 is 5.32 Å². The van der Waals surface area contributed by atoms with Gasteiger partial charge in [-0.25, -0.2) is 0 Å². The van der Waals surface area contributed by atoms with Crippen molar-refractivity contribution in [2.24, 2.45) is 10.4 Å². The second-order valence-corrected chi connectivity index (χ2v) is 8.85. The van der Waals surface area contributed by atoms with Gasteiger partial charge in [0.05, 0.1) is 18.8 Å². The molecule has 0 aliphatic carbocycles. The summed E-state index contributed by atoms with van der Waals surface area (Å²) < 4.78 is 11.5. The monoisotopic (exact) mass is 352 g/mol. The molecule has 0 amide bonds. The summed E-state index contributed by atoms with van der Waals surface area (Å²) in [5.41, 5.74) is 0.429. The summed E-state index contributed by atoms with van der Waals surface area (Å²) >= 11 is 0. The summed E-state index contributed by atoms with van der Waals surface area (Å²) in [5.74, 6) is 1.03. The molecule has 0 radical (unpaired) electrons. The maximum absolute atomic E-state index is 5.89. The highest BCUT2D eigenvalue weighted by atomic mass is 16.5. The zero-order chi connectivity index (χ0) is 18.1. The van der Waals surface area contributed by atoms with E-state index in [0.29, 0.717) is 17.6 Å². The number of hydrogen-bond acceptors (Lipinski definition) is 4. The van der Waals surface area contributed by atoms with Crippen molar-refractivity contribution in [1.29, 1.82) is 0 Å². The fourth-order valence-electron chi connectivity index (χ4n) is 4.50. The van der Waals surface area contributed by atoms with Crippen molar-refractivity contribution < 1.29 is 9.47 Å². The summed E-state index contributed by atoms with van der Waals surface area (Å²) in [6.07, 6.45) is 3.00. The van der Waals surface area contributed by atoms with Gasteiger partial charge in [-0.1, -0.05) is 0 Å². The van der Waals surface area contributed by atoms with E-state index in [4.69, 9.17) is 9.47 Å². The third-order valence-electron chi connectivity index (χ3n) is 6.09. The molecule has 1 spiro atoms. The van der Waals surface area contributed by atoms with Crippen molar-refractivity contribution in [3.8, 4) is 0 Å². The third kappa shape index (κ3) is 4.29. The number of likely N-dealkylation sites (tertiary alicyclic amines) is 1. The van der Waals surface area contributed by atoms with E-state index in [1.165, 1.54) is 12.8 Å². The summed E-state index contributed by atoms with van der Waals surface area (Å²) in [6, 6.07) is 0. The van der Waals surface area contributed by atoms with Gasteiger partial charge in [0.15, 0.2) is 5.96 Å². The molecule has 0 aromatic carbocycles. The van der Waals surface area contributed by atoms with Gasteiger partial charge in [0.25, 0.3) is 0 Å². The number of rotatable bonds is 3. The van der Waals surface area contributed by atoms with E-state index in [1.54, 1.807) is 0 Å². The Morgan fingerprint density at radius 3 is 2.56 bits per heavy atom. The van der Waals surface area contributed by atoms with Gasteiger partial charge in [-0.15, -0.1) is 0 Å². The molecule has 3 saturated heterocycles. The van der Waals surface area contributed by atoms with Crippen molar-refractivity contribution in [1.82, 2.24) is 15.1 Å². The van der Waals surface area contributed by atoms with Crippen LogP contribution in [0.15, 0.2) is 4.99 Å². The molecule has 144 valence electrons. The van der Waals surface area contributed by atoms with Gasteiger partial charge in [0.1, 0.15) is 0 Å². The van der Waals surface area contributed by atoms with Gasteiger partial charge in [-0.05, 0) is 40.5 Å². The minimum absolute atomic E-state index is 0.0656. The maximum atomic E-state index is 5.89. The van der Waals surface area contributed by atoms with E-state index < -0.39 is 0 Å². The Balaban J connectivity index is 1.55. The molecular weight excluding hydrogens is 316 g/mol. The van der Waals surface area contributed by atoms with E-state index in [-0.39, 0.29) is 5.54 Å². The van der Waals surface area contributed by atoms with Crippen LogP contribution in [0, 0.1) is 5.41 Å². The van der Waals surface area contributed by atoms with E-state index in [0.717, 1.165) is 51.9 Å². The first kappa shape index (κ1) is 18.9. The first-order chi connectivity index (χ1) is 11.8. The van der Waals surface area contributed by atoms with Crippen molar-refractivity contribution in [3.05, 3.63) is 0 Å². The predicted molar refractivity (Wildman–Crippen MR) is 101 cm³/mol. The van der Waals surface area contributed by atoms with Crippen LogP contribution in [-0.2, 0) is 9.47 Å². The molecule has 3 aliphatic heterocycles. The summed E-state index contributed by atoms with van der Waals surface area (Å²) in [6.45, 7) is 15.8. The van der Waals surface area contributed by atoms with Gasteiger partial charge in [0.2, 0.25) is 0 Å². The third-order valence-corrected chi connectivity index (χ3v) is 6.09. The number of guanidine groups is 1. The molecule has 3 aliphatic rings. The van der Waals surface area contributed by atoms with Gasteiger partial charge in [-0.3, -0.25) is 9.89 Å². The number of nitrogens with zero attached hydrogens (tertiary/aromatic N) is 3. The molecule has 25 heavy (non-hydrogen) atoms. The summed E-state index contributed by atoms with van der Waals surface area (Å²) in [4.78, 5) is 9.51. The van der Waals surface area contributed by atoms with E-state index in [2.05, 4.69) is 47.8 Å². The average molecular weight is 353 g/mol. The molecule has 3 heterocycles. The molecule has 0 aromatic heterocycles. The van der Waals surface area contributed by atoms with Crippen LogP contribution >= 0.6 is 0 Å². The highest BCUT2D eigenvalue weighted by molar-refractivity contribution is 5.80. The lowest BCUT2D eigenvalue weighted by molar-refractivity contribution is -0.0947. The van der Waals surface area contributed by atoms with E-state index in [9.17, 15) is 0 Å².